The lowest BCUT2D eigenvalue weighted by atomic mass is 9.63. The molecule has 0 unspecified atom stereocenters. The van der Waals surface area contributed by atoms with Gasteiger partial charge >= 0.3 is 0 Å². The van der Waals surface area contributed by atoms with Crippen LogP contribution in [0.1, 0.15) is 51.7 Å². The van der Waals surface area contributed by atoms with Crippen LogP contribution >= 0.6 is 0 Å². The van der Waals surface area contributed by atoms with E-state index < -0.39 is 0 Å². The van der Waals surface area contributed by atoms with E-state index >= 15 is 0 Å². The van der Waals surface area contributed by atoms with Crippen LogP contribution in [0.2, 0.25) is 0 Å². The summed E-state index contributed by atoms with van der Waals surface area (Å²) in [5.74, 6) is 1.97. The molecule has 2 heterocycles. The van der Waals surface area contributed by atoms with Crippen LogP contribution in [0.15, 0.2) is 158 Å². The molecule has 0 amide bonds. The van der Waals surface area contributed by atoms with Gasteiger partial charge in [-0.3, -0.25) is 0 Å². The number of benzene rings is 8. The lowest BCUT2D eigenvalue weighted by Crippen LogP contribution is -2.33. The van der Waals surface area contributed by atoms with Gasteiger partial charge in [-0.2, -0.15) is 0 Å². The van der Waals surface area contributed by atoms with Gasteiger partial charge in [0.25, 0.3) is 0 Å². The fraction of sp³-hybridized carbons (Fsp3) is 0.151. The first-order valence-corrected chi connectivity index (χ1v) is 20.1. The molecule has 57 heavy (non-hydrogen) atoms. The molecule has 1 aliphatic rings. The standard InChI is InChI=1S/C53H42N4/c1-52(2)27-28-53(3,4)45-32-48-43(31-44(45)52)42-29-35-18-8-9-19-36(35)30-47(42)57(48)46-26-25-41(38-22-12-13-23-39(38)46)51-55-49(34-16-6-5-7-17-34)54-50(56-51)40-24-14-20-33-15-10-11-21-37(33)40/h5-26,29-32H,27-28H2,1-4H3. The third-order valence-corrected chi connectivity index (χ3v) is 12.7. The zero-order valence-electron chi connectivity index (χ0n) is 32.7. The lowest BCUT2D eigenvalue weighted by molar-refractivity contribution is 0.332. The van der Waals surface area contributed by atoms with Crippen molar-refractivity contribution in [3.63, 3.8) is 0 Å². The molecule has 4 nitrogen and oxygen atoms in total. The molecule has 8 aromatic carbocycles. The van der Waals surface area contributed by atoms with E-state index in [0.717, 1.165) is 50.3 Å². The Morgan fingerprint density at radius 2 is 0.930 bits per heavy atom. The number of hydrogen-bond acceptors (Lipinski definition) is 3. The van der Waals surface area contributed by atoms with Gasteiger partial charge < -0.3 is 4.57 Å². The van der Waals surface area contributed by atoms with Gasteiger partial charge in [0, 0.05) is 32.8 Å². The summed E-state index contributed by atoms with van der Waals surface area (Å²) >= 11 is 0. The molecule has 0 spiro atoms. The normalized spacial score (nSPS) is 14.8. The Bertz CT molecular complexity index is 3240. The predicted octanol–water partition coefficient (Wildman–Crippen LogP) is 13.8. The Morgan fingerprint density at radius 1 is 0.404 bits per heavy atom. The maximum absolute atomic E-state index is 5.27. The smallest absolute Gasteiger partial charge is 0.164 e. The van der Waals surface area contributed by atoms with E-state index in [0.29, 0.717) is 17.5 Å². The van der Waals surface area contributed by atoms with Crippen LogP contribution in [0.4, 0.5) is 0 Å². The molecule has 1 aliphatic carbocycles. The maximum Gasteiger partial charge on any atom is 0.164 e. The van der Waals surface area contributed by atoms with Crippen molar-refractivity contribution in [3.8, 4) is 39.9 Å². The Morgan fingerprint density at radius 3 is 1.67 bits per heavy atom. The highest BCUT2D eigenvalue weighted by atomic mass is 15.0. The summed E-state index contributed by atoms with van der Waals surface area (Å²) in [4.78, 5) is 15.6. The molecule has 0 fully saturated rings. The van der Waals surface area contributed by atoms with E-state index in [-0.39, 0.29) is 10.8 Å². The second kappa shape index (κ2) is 12.4. The van der Waals surface area contributed by atoms with Gasteiger partial charge in [-0.15, -0.1) is 0 Å². The highest BCUT2D eigenvalue weighted by molar-refractivity contribution is 6.15. The SMILES string of the molecule is CC1(C)CCC(C)(C)c2cc3c(cc21)c1cc2ccccc2cc1n3-c1ccc(-c2nc(-c3ccccc3)nc(-c3cccc4ccccc34)n2)c2ccccc12. The van der Waals surface area contributed by atoms with Crippen LogP contribution in [-0.2, 0) is 10.8 Å². The summed E-state index contributed by atoms with van der Waals surface area (Å²) in [6.07, 6.45) is 2.34. The lowest BCUT2D eigenvalue weighted by Gasteiger charge is -2.42. The van der Waals surface area contributed by atoms with E-state index in [1.54, 1.807) is 0 Å². The average molecular weight is 735 g/mol. The van der Waals surface area contributed by atoms with Gasteiger partial charge in [-0.25, -0.2) is 15.0 Å². The van der Waals surface area contributed by atoms with Crippen LogP contribution in [0.25, 0.3) is 94.0 Å². The molecule has 274 valence electrons. The Kier molecular flexibility index (Phi) is 7.34. The van der Waals surface area contributed by atoms with E-state index in [4.69, 9.17) is 15.0 Å². The minimum Gasteiger partial charge on any atom is -0.309 e. The van der Waals surface area contributed by atoms with Crippen LogP contribution in [0.3, 0.4) is 0 Å². The van der Waals surface area contributed by atoms with Crippen molar-refractivity contribution in [1.82, 2.24) is 19.5 Å². The average Bonchev–Trinajstić information content (AvgIpc) is 3.55. The Hall–Kier alpha value is -6.65. The van der Waals surface area contributed by atoms with Crippen molar-refractivity contribution < 1.29 is 0 Å². The quantitative estimate of drug-likeness (QED) is 0.181. The van der Waals surface area contributed by atoms with Gasteiger partial charge in [-0.1, -0.05) is 149 Å². The van der Waals surface area contributed by atoms with Gasteiger partial charge in [0.1, 0.15) is 0 Å². The van der Waals surface area contributed by atoms with E-state index in [2.05, 4.69) is 172 Å². The van der Waals surface area contributed by atoms with E-state index in [1.165, 1.54) is 50.1 Å². The third kappa shape index (κ3) is 5.31. The Labute approximate surface area is 332 Å². The zero-order valence-corrected chi connectivity index (χ0v) is 32.7. The summed E-state index contributed by atoms with van der Waals surface area (Å²) in [6.45, 7) is 9.68. The largest absolute Gasteiger partial charge is 0.309 e. The summed E-state index contributed by atoms with van der Waals surface area (Å²) in [7, 11) is 0. The second-order valence-corrected chi connectivity index (χ2v) is 17.1. The minimum atomic E-state index is 0.0773. The molecular weight excluding hydrogens is 693 g/mol. The van der Waals surface area contributed by atoms with Gasteiger partial charge in [0.15, 0.2) is 17.5 Å². The number of aromatic nitrogens is 4. The number of rotatable bonds is 4. The van der Waals surface area contributed by atoms with Crippen molar-refractivity contribution in [2.45, 2.75) is 51.4 Å². The zero-order chi connectivity index (χ0) is 38.5. The van der Waals surface area contributed by atoms with Crippen molar-refractivity contribution in [2.24, 2.45) is 0 Å². The van der Waals surface area contributed by atoms with Crippen LogP contribution < -0.4 is 0 Å². The molecule has 0 atom stereocenters. The molecule has 2 aromatic heterocycles. The molecule has 10 aromatic rings. The number of hydrogen-bond donors (Lipinski definition) is 0. The van der Waals surface area contributed by atoms with Crippen LogP contribution in [0, 0.1) is 0 Å². The Balaban J connectivity index is 1.19. The van der Waals surface area contributed by atoms with Crippen LogP contribution in [0.5, 0.6) is 0 Å². The fourth-order valence-corrected chi connectivity index (χ4v) is 9.45. The van der Waals surface area contributed by atoms with Gasteiger partial charge in [0.2, 0.25) is 0 Å². The molecule has 0 N–H and O–H groups in total. The molecule has 0 radical (unpaired) electrons. The summed E-state index contributed by atoms with van der Waals surface area (Å²) in [6, 6.07) is 56.8. The molecule has 4 heteroatoms. The van der Waals surface area contributed by atoms with Crippen LogP contribution in [-0.4, -0.2) is 19.5 Å². The summed E-state index contributed by atoms with van der Waals surface area (Å²) in [5, 5.41) is 9.59. The predicted molar refractivity (Wildman–Crippen MR) is 238 cm³/mol. The van der Waals surface area contributed by atoms with Crippen molar-refractivity contribution >= 4 is 54.1 Å². The fourth-order valence-electron chi connectivity index (χ4n) is 9.45. The molecule has 0 saturated heterocycles. The molecular formula is C53H42N4. The number of fused-ring (bicyclic) bond motifs is 7. The monoisotopic (exact) mass is 734 g/mol. The van der Waals surface area contributed by atoms with E-state index in [1.807, 2.05) is 18.2 Å². The topological polar surface area (TPSA) is 43.6 Å². The first kappa shape index (κ1) is 33.7. The number of nitrogens with zero attached hydrogens (tertiary/aromatic N) is 4. The minimum absolute atomic E-state index is 0.0773. The van der Waals surface area contributed by atoms with Gasteiger partial charge in [0.05, 0.1) is 16.7 Å². The highest BCUT2D eigenvalue weighted by Gasteiger charge is 2.38. The first-order chi connectivity index (χ1) is 27.7. The van der Waals surface area contributed by atoms with Crippen molar-refractivity contribution in [1.29, 1.82) is 0 Å². The molecule has 0 aliphatic heterocycles. The molecule has 0 saturated carbocycles. The van der Waals surface area contributed by atoms with Crippen molar-refractivity contribution in [2.75, 3.05) is 0 Å². The summed E-state index contributed by atoms with van der Waals surface area (Å²) in [5.41, 5.74) is 9.63. The van der Waals surface area contributed by atoms with Crippen molar-refractivity contribution in [3.05, 3.63) is 169 Å². The first-order valence-electron chi connectivity index (χ1n) is 20.1. The summed E-state index contributed by atoms with van der Waals surface area (Å²) < 4.78 is 2.52. The van der Waals surface area contributed by atoms with Gasteiger partial charge in [-0.05, 0) is 98.1 Å². The third-order valence-electron chi connectivity index (χ3n) is 12.7. The molecule has 0 bridgehead atoms. The maximum atomic E-state index is 5.27. The highest BCUT2D eigenvalue weighted by Crippen LogP contribution is 2.49. The second-order valence-electron chi connectivity index (χ2n) is 17.1. The van der Waals surface area contributed by atoms with E-state index in [9.17, 15) is 0 Å². The molecule has 11 rings (SSSR count).